The molecule has 0 aromatic carbocycles. The van der Waals surface area contributed by atoms with Gasteiger partial charge in [0.25, 0.3) is 0 Å². The van der Waals surface area contributed by atoms with Crippen LogP contribution in [0.2, 0.25) is 0 Å². The summed E-state index contributed by atoms with van der Waals surface area (Å²) in [4.78, 5) is 13.8. The highest BCUT2D eigenvalue weighted by Crippen LogP contribution is 2.19. The van der Waals surface area contributed by atoms with Gasteiger partial charge in [0, 0.05) is 19.1 Å². The van der Waals surface area contributed by atoms with Crippen molar-refractivity contribution in [2.75, 3.05) is 19.7 Å². The lowest BCUT2D eigenvalue weighted by atomic mass is 10.1. The van der Waals surface area contributed by atoms with Gasteiger partial charge in [-0.1, -0.05) is 13.8 Å². The average molecular weight is 214 g/mol. The second-order valence-corrected chi connectivity index (χ2v) is 4.61. The van der Waals surface area contributed by atoms with E-state index in [0.717, 1.165) is 19.5 Å². The van der Waals surface area contributed by atoms with Gasteiger partial charge >= 0.3 is 5.97 Å². The van der Waals surface area contributed by atoms with Gasteiger partial charge in [0.1, 0.15) is 6.04 Å². The minimum Gasteiger partial charge on any atom is -0.465 e. The van der Waals surface area contributed by atoms with E-state index >= 15 is 0 Å². The number of rotatable bonds is 4. The molecule has 2 atom stereocenters. The Kier molecular flexibility index (Phi) is 4.54. The molecule has 1 rings (SSSR count). The van der Waals surface area contributed by atoms with Gasteiger partial charge in [-0.2, -0.15) is 0 Å². The number of hydrogen-bond acceptors (Lipinski definition) is 4. The van der Waals surface area contributed by atoms with Gasteiger partial charge in [0.15, 0.2) is 0 Å². The monoisotopic (exact) mass is 214 g/mol. The highest BCUT2D eigenvalue weighted by atomic mass is 16.5. The summed E-state index contributed by atoms with van der Waals surface area (Å²) in [7, 11) is 0. The van der Waals surface area contributed by atoms with Gasteiger partial charge < -0.3 is 10.5 Å². The summed E-state index contributed by atoms with van der Waals surface area (Å²) in [5, 5.41) is 0. The molecule has 0 aromatic heterocycles. The smallest absolute Gasteiger partial charge is 0.323 e. The molecule has 1 unspecified atom stereocenters. The van der Waals surface area contributed by atoms with Gasteiger partial charge in [-0.05, 0) is 19.3 Å². The first-order chi connectivity index (χ1) is 7.04. The maximum atomic E-state index is 11.7. The lowest BCUT2D eigenvalue weighted by Crippen LogP contribution is -2.39. The Morgan fingerprint density at radius 3 is 2.80 bits per heavy atom. The van der Waals surface area contributed by atoms with Crippen LogP contribution in [0.25, 0.3) is 0 Å². The molecule has 1 aliphatic rings. The van der Waals surface area contributed by atoms with Crippen LogP contribution in [0.15, 0.2) is 0 Å². The Morgan fingerprint density at radius 1 is 1.60 bits per heavy atom. The summed E-state index contributed by atoms with van der Waals surface area (Å²) in [6.07, 6.45) is 0.728. The molecule has 0 saturated carbocycles. The number of carbonyl (C=O) groups is 1. The van der Waals surface area contributed by atoms with Crippen LogP contribution < -0.4 is 5.73 Å². The van der Waals surface area contributed by atoms with Crippen molar-refractivity contribution in [2.45, 2.75) is 39.3 Å². The van der Waals surface area contributed by atoms with Crippen molar-refractivity contribution in [1.82, 2.24) is 4.90 Å². The van der Waals surface area contributed by atoms with E-state index < -0.39 is 0 Å². The van der Waals surface area contributed by atoms with Crippen LogP contribution in [0.1, 0.15) is 27.2 Å². The van der Waals surface area contributed by atoms with Crippen molar-refractivity contribution in [3.63, 3.8) is 0 Å². The molecule has 4 heteroatoms. The van der Waals surface area contributed by atoms with Crippen molar-refractivity contribution >= 4 is 5.97 Å². The van der Waals surface area contributed by atoms with E-state index in [2.05, 4.69) is 18.7 Å². The van der Waals surface area contributed by atoms with E-state index in [1.165, 1.54) is 0 Å². The molecule has 0 bridgehead atoms. The number of esters is 1. The molecule has 88 valence electrons. The predicted octanol–water partition coefficient (Wildman–Crippen LogP) is 0.607. The summed E-state index contributed by atoms with van der Waals surface area (Å²) in [5.74, 6) is 0.429. The fourth-order valence-corrected chi connectivity index (χ4v) is 2.09. The molecule has 0 amide bonds. The summed E-state index contributed by atoms with van der Waals surface area (Å²) >= 11 is 0. The van der Waals surface area contributed by atoms with Gasteiger partial charge in [0.2, 0.25) is 0 Å². The first-order valence-electron chi connectivity index (χ1n) is 5.70. The SMILES string of the molecule is CCOC(=O)C1C[C@H](N)CN1CC(C)C. The van der Waals surface area contributed by atoms with Gasteiger partial charge in [-0.3, -0.25) is 9.69 Å². The summed E-state index contributed by atoms with van der Waals surface area (Å²) in [6.45, 7) is 8.29. The first kappa shape index (κ1) is 12.5. The van der Waals surface area contributed by atoms with Crippen LogP contribution in [-0.2, 0) is 9.53 Å². The summed E-state index contributed by atoms with van der Waals surface area (Å²) < 4.78 is 5.05. The third-order valence-electron chi connectivity index (χ3n) is 2.59. The Balaban J connectivity index is 2.56. The van der Waals surface area contributed by atoms with Crippen molar-refractivity contribution in [3.8, 4) is 0 Å². The summed E-state index contributed by atoms with van der Waals surface area (Å²) in [6, 6.07) is -0.0134. The summed E-state index contributed by atoms with van der Waals surface area (Å²) in [5.41, 5.74) is 5.88. The van der Waals surface area contributed by atoms with E-state index in [4.69, 9.17) is 10.5 Å². The van der Waals surface area contributed by atoms with E-state index in [1.54, 1.807) is 0 Å². The van der Waals surface area contributed by atoms with Crippen LogP contribution in [0.3, 0.4) is 0 Å². The lowest BCUT2D eigenvalue weighted by molar-refractivity contribution is -0.148. The minimum absolute atomic E-state index is 0.109. The molecule has 1 fully saturated rings. The molecule has 0 aliphatic carbocycles. The molecular weight excluding hydrogens is 192 g/mol. The van der Waals surface area contributed by atoms with Gasteiger partial charge in [0.05, 0.1) is 6.61 Å². The third-order valence-corrected chi connectivity index (χ3v) is 2.59. The third kappa shape index (κ3) is 3.47. The first-order valence-corrected chi connectivity index (χ1v) is 5.70. The van der Waals surface area contributed by atoms with Crippen LogP contribution in [0, 0.1) is 5.92 Å². The largest absolute Gasteiger partial charge is 0.465 e. The molecule has 0 spiro atoms. The number of hydrogen-bond donors (Lipinski definition) is 1. The molecule has 1 heterocycles. The van der Waals surface area contributed by atoms with Crippen molar-refractivity contribution in [1.29, 1.82) is 0 Å². The second-order valence-electron chi connectivity index (χ2n) is 4.61. The Labute approximate surface area is 91.8 Å². The fraction of sp³-hybridized carbons (Fsp3) is 0.909. The van der Waals surface area contributed by atoms with Crippen molar-refractivity contribution < 1.29 is 9.53 Å². The Hall–Kier alpha value is -0.610. The number of nitrogens with two attached hydrogens (primary N) is 1. The number of likely N-dealkylation sites (tertiary alicyclic amines) is 1. The predicted molar refractivity (Wildman–Crippen MR) is 59.4 cm³/mol. The number of ether oxygens (including phenoxy) is 1. The lowest BCUT2D eigenvalue weighted by Gasteiger charge is -2.24. The zero-order valence-corrected chi connectivity index (χ0v) is 9.90. The number of carbonyl (C=O) groups excluding carboxylic acids is 1. The molecule has 1 aliphatic heterocycles. The zero-order valence-electron chi connectivity index (χ0n) is 9.90. The topological polar surface area (TPSA) is 55.6 Å². The molecule has 0 aromatic rings. The molecular formula is C11H22N2O2. The molecule has 2 N–H and O–H groups in total. The maximum Gasteiger partial charge on any atom is 0.323 e. The molecule has 1 saturated heterocycles. The van der Waals surface area contributed by atoms with E-state index in [1.807, 2.05) is 6.92 Å². The van der Waals surface area contributed by atoms with E-state index in [9.17, 15) is 4.79 Å². The highest BCUT2D eigenvalue weighted by Gasteiger charge is 2.36. The zero-order chi connectivity index (χ0) is 11.4. The Bertz CT molecular complexity index is 219. The normalized spacial score (nSPS) is 27.3. The highest BCUT2D eigenvalue weighted by molar-refractivity contribution is 5.76. The molecule has 15 heavy (non-hydrogen) atoms. The fourth-order valence-electron chi connectivity index (χ4n) is 2.09. The van der Waals surface area contributed by atoms with Crippen LogP contribution in [0.4, 0.5) is 0 Å². The van der Waals surface area contributed by atoms with E-state index in [0.29, 0.717) is 12.5 Å². The maximum absolute atomic E-state index is 11.7. The van der Waals surface area contributed by atoms with Crippen LogP contribution in [0.5, 0.6) is 0 Å². The van der Waals surface area contributed by atoms with Crippen molar-refractivity contribution in [3.05, 3.63) is 0 Å². The molecule has 4 nitrogen and oxygen atoms in total. The second kappa shape index (κ2) is 5.47. The molecule has 0 radical (unpaired) electrons. The average Bonchev–Trinajstić information content (AvgIpc) is 2.46. The van der Waals surface area contributed by atoms with Crippen LogP contribution >= 0.6 is 0 Å². The standard InChI is InChI=1S/C11H22N2O2/c1-4-15-11(14)10-5-9(12)7-13(10)6-8(2)3/h8-10H,4-7,12H2,1-3H3/t9-,10?/m0/s1. The minimum atomic E-state index is -0.123. The van der Waals surface area contributed by atoms with Crippen LogP contribution in [-0.4, -0.2) is 42.6 Å². The Morgan fingerprint density at radius 2 is 2.27 bits per heavy atom. The van der Waals surface area contributed by atoms with E-state index in [-0.39, 0.29) is 18.1 Å². The number of nitrogens with zero attached hydrogens (tertiary/aromatic N) is 1. The van der Waals surface area contributed by atoms with Gasteiger partial charge in [-0.15, -0.1) is 0 Å². The quantitative estimate of drug-likeness (QED) is 0.697. The van der Waals surface area contributed by atoms with Crippen molar-refractivity contribution in [2.24, 2.45) is 11.7 Å². The van der Waals surface area contributed by atoms with Gasteiger partial charge in [-0.25, -0.2) is 0 Å².